The fraction of sp³-hybridized carbons (Fsp3) is 0.0492. The van der Waals surface area contributed by atoms with E-state index < -0.39 is 0 Å². The number of benzene rings is 10. The molecule has 0 amide bonds. The predicted molar refractivity (Wildman–Crippen MR) is 265 cm³/mol. The molecule has 1 heterocycles. The van der Waals surface area contributed by atoms with Crippen LogP contribution in [0.15, 0.2) is 218 Å². The van der Waals surface area contributed by atoms with E-state index in [1.54, 1.807) is 0 Å². The Morgan fingerprint density at radius 3 is 1.37 bits per heavy atom. The van der Waals surface area contributed by atoms with E-state index in [-0.39, 0.29) is 5.41 Å². The molecule has 0 saturated heterocycles. The molecule has 10 aromatic carbocycles. The first-order valence-corrected chi connectivity index (χ1v) is 21.8. The van der Waals surface area contributed by atoms with Crippen molar-refractivity contribution in [3.05, 3.63) is 230 Å². The molecule has 0 aliphatic heterocycles. The normalized spacial score (nSPS) is 12.7. The molecule has 1 aliphatic carbocycles. The molecule has 1 aliphatic rings. The molecule has 2 heteroatoms. The van der Waals surface area contributed by atoms with Crippen LogP contribution in [0.5, 0.6) is 0 Å². The van der Waals surface area contributed by atoms with Gasteiger partial charge in [-0.2, -0.15) is 0 Å². The third-order valence-corrected chi connectivity index (χ3v) is 13.3. The lowest BCUT2D eigenvalue weighted by Crippen LogP contribution is -2.14. The molecular weight excluding hydrogens is 761 g/mol. The summed E-state index contributed by atoms with van der Waals surface area (Å²) in [6.45, 7) is 4.75. The summed E-state index contributed by atoms with van der Waals surface area (Å²) in [4.78, 5) is 10.6. The molecular formula is C61H42N2. The highest BCUT2D eigenvalue weighted by Gasteiger charge is 2.38. The zero-order valence-electron chi connectivity index (χ0n) is 35.2. The monoisotopic (exact) mass is 802 g/mol. The van der Waals surface area contributed by atoms with Crippen molar-refractivity contribution < 1.29 is 0 Å². The number of hydrogen-bond acceptors (Lipinski definition) is 2. The Balaban J connectivity index is 1.01. The summed E-state index contributed by atoms with van der Waals surface area (Å²) < 4.78 is 0. The van der Waals surface area contributed by atoms with E-state index in [4.69, 9.17) is 9.97 Å². The van der Waals surface area contributed by atoms with Gasteiger partial charge in [-0.3, -0.25) is 0 Å². The lowest BCUT2D eigenvalue weighted by molar-refractivity contribution is 0.661. The Labute approximate surface area is 367 Å². The van der Waals surface area contributed by atoms with Gasteiger partial charge >= 0.3 is 0 Å². The first kappa shape index (κ1) is 36.9. The molecule has 0 bridgehead atoms. The Morgan fingerprint density at radius 2 is 0.746 bits per heavy atom. The number of fused-ring (bicyclic) bond motifs is 7. The maximum atomic E-state index is 5.31. The lowest BCUT2D eigenvalue weighted by Gasteiger charge is -2.22. The van der Waals surface area contributed by atoms with Gasteiger partial charge in [0.25, 0.3) is 0 Å². The van der Waals surface area contributed by atoms with Crippen molar-refractivity contribution in [2.75, 3.05) is 0 Å². The first-order chi connectivity index (χ1) is 31.0. The summed E-state index contributed by atoms with van der Waals surface area (Å²) in [6, 6.07) is 79.0. The zero-order chi connectivity index (χ0) is 42.1. The van der Waals surface area contributed by atoms with E-state index in [2.05, 4.69) is 226 Å². The van der Waals surface area contributed by atoms with Crippen molar-refractivity contribution >= 4 is 32.3 Å². The highest BCUT2D eigenvalue weighted by molar-refractivity contribution is 6.14. The highest BCUT2D eigenvalue weighted by Crippen LogP contribution is 2.55. The number of hydrogen-bond donors (Lipinski definition) is 0. The largest absolute Gasteiger partial charge is 0.228 e. The molecule has 0 fully saturated rings. The van der Waals surface area contributed by atoms with Gasteiger partial charge in [0.05, 0.1) is 11.4 Å². The average molecular weight is 803 g/mol. The van der Waals surface area contributed by atoms with Gasteiger partial charge in [-0.05, 0) is 100 Å². The summed E-state index contributed by atoms with van der Waals surface area (Å²) in [5, 5.41) is 7.34. The molecule has 11 aromatic rings. The van der Waals surface area contributed by atoms with Crippen LogP contribution >= 0.6 is 0 Å². The van der Waals surface area contributed by atoms with Crippen LogP contribution in [0.1, 0.15) is 25.0 Å². The van der Waals surface area contributed by atoms with Crippen LogP contribution in [0, 0.1) is 0 Å². The molecule has 12 rings (SSSR count). The Hall–Kier alpha value is -7.94. The minimum Gasteiger partial charge on any atom is -0.228 e. The minimum atomic E-state index is -0.112. The molecule has 0 radical (unpaired) electrons. The van der Waals surface area contributed by atoms with E-state index in [9.17, 15) is 0 Å². The standard InChI is InChI=1S/C61H42N2/c1-61(2)54-27-15-26-52(59(54)58-44-21-10-9-18-41(44)32-37-55(58)61)51-34-33-49(45-22-11-12-23-46(45)51)50-35-36-53(48-25-14-13-24-47(48)50)60-62-56(42-19-7-4-8-20-42)38-57(63-60)43-30-28-40(29-31-43)39-16-5-3-6-17-39/h3-38H,1-2H3. The second kappa shape index (κ2) is 14.6. The molecule has 0 spiro atoms. The van der Waals surface area contributed by atoms with E-state index in [1.807, 2.05) is 6.07 Å². The molecule has 0 N–H and O–H groups in total. The molecule has 63 heavy (non-hydrogen) atoms. The molecule has 0 atom stereocenters. The van der Waals surface area contributed by atoms with Crippen LogP contribution in [0.2, 0.25) is 0 Å². The van der Waals surface area contributed by atoms with Crippen LogP contribution < -0.4 is 0 Å². The van der Waals surface area contributed by atoms with Crippen molar-refractivity contribution in [3.8, 4) is 78.4 Å². The third kappa shape index (κ3) is 6.02. The van der Waals surface area contributed by atoms with Gasteiger partial charge in [0, 0.05) is 22.1 Å². The van der Waals surface area contributed by atoms with Crippen molar-refractivity contribution in [2.24, 2.45) is 0 Å². The maximum absolute atomic E-state index is 5.31. The van der Waals surface area contributed by atoms with Crippen LogP contribution in [0.25, 0.3) is 111 Å². The molecule has 0 unspecified atom stereocenters. The fourth-order valence-corrected chi connectivity index (χ4v) is 10.2. The van der Waals surface area contributed by atoms with E-state index in [0.717, 1.165) is 38.9 Å². The van der Waals surface area contributed by atoms with Crippen molar-refractivity contribution in [1.82, 2.24) is 9.97 Å². The highest BCUT2D eigenvalue weighted by atomic mass is 14.9. The van der Waals surface area contributed by atoms with Gasteiger partial charge in [-0.25, -0.2) is 9.97 Å². The van der Waals surface area contributed by atoms with Gasteiger partial charge in [-0.1, -0.05) is 220 Å². The minimum absolute atomic E-state index is 0.112. The first-order valence-electron chi connectivity index (χ1n) is 21.8. The number of nitrogens with zero attached hydrogens (tertiary/aromatic N) is 2. The third-order valence-electron chi connectivity index (χ3n) is 13.3. The SMILES string of the molecule is CC1(C)c2cccc(-c3ccc(-c4ccc(-c5nc(-c6ccccc6)cc(-c6ccc(-c7ccccc7)cc6)n5)c5ccccc45)c4ccccc34)c2-c2c1ccc1ccccc21. The summed E-state index contributed by atoms with van der Waals surface area (Å²) in [7, 11) is 0. The van der Waals surface area contributed by atoms with E-state index in [1.165, 1.54) is 77.2 Å². The van der Waals surface area contributed by atoms with Gasteiger partial charge < -0.3 is 0 Å². The zero-order valence-corrected chi connectivity index (χ0v) is 35.2. The van der Waals surface area contributed by atoms with Crippen molar-refractivity contribution in [3.63, 3.8) is 0 Å². The topological polar surface area (TPSA) is 25.8 Å². The molecule has 0 saturated carbocycles. The summed E-state index contributed by atoms with van der Waals surface area (Å²) in [5.41, 5.74) is 17.5. The van der Waals surface area contributed by atoms with Gasteiger partial charge in [0.1, 0.15) is 0 Å². The molecule has 296 valence electrons. The van der Waals surface area contributed by atoms with Crippen molar-refractivity contribution in [2.45, 2.75) is 19.3 Å². The Bertz CT molecular complexity index is 3570. The van der Waals surface area contributed by atoms with Crippen molar-refractivity contribution in [1.29, 1.82) is 0 Å². The van der Waals surface area contributed by atoms with Crippen LogP contribution in [0.3, 0.4) is 0 Å². The Morgan fingerprint density at radius 1 is 0.302 bits per heavy atom. The second-order valence-electron chi connectivity index (χ2n) is 17.2. The summed E-state index contributed by atoms with van der Waals surface area (Å²) in [5.74, 6) is 0.704. The van der Waals surface area contributed by atoms with Gasteiger partial charge in [-0.15, -0.1) is 0 Å². The summed E-state index contributed by atoms with van der Waals surface area (Å²) >= 11 is 0. The average Bonchev–Trinajstić information content (AvgIpc) is 3.60. The van der Waals surface area contributed by atoms with Crippen LogP contribution in [-0.4, -0.2) is 9.97 Å². The van der Waals surface area contributed by atoms with E-state index >= 15 is 0 Å². The quantitative estimate of drug-likeness (QED) is 0.167. The number of rotatable bonds is 6. The van der Waals surface area contributed by atoms with Gasteiger partial charge in [0.15, 0.2) is 5.82 Å². The van der Waals surface area contributed by atoms with Gasteiger partial charge in [0.2, 0.25) is 0 Å². The summed E-state index contributed by atoms with van der Waals surface area (Å²) in [6.07, 6.45) is 0. The second-order valence-corrected chi connectivity index (χ2v) is 17.2. The predicted octanol–water partition coefficient (Wildman–Crippen LogP) is 16.2. The van der Waals surface area contributed by atoms with Crippen LogP contribution in [-0.2, 0) is 5.41 Å². The molecule has 2 nitrogen and oxygen atoms in total. The molecule has 1 aromatic heterocycles. The number of aromatic nitrogens is 2. The Kier molecular flexibility index (Phi) is 8.55. The fourth-order valence-electron chi connectivity index (χ4n) is 10.2. The van der Waals surface area contributed by atoms with E-state index in [0.29, 0.717) is 5.82 Å². The maximum Gasteiger partial charge on any atom is 0.161 e. The lowest BCUT2D eigenvalue weighted by atomic mass is 9.81. The van der Waals surface area contributed by atoms with Crippen LogP contribution in [0.4, 0.5) is 0 Å². The smallest absolute Gasteiger partial charge is 0.161 e.